The summed E-state index contributed by atoms with van der Waals surface area (Å²) in [6, 6.07) is 6.85. The van der Waals surface area contributed by atoms with E-state index in [0.717, 1.165) is 24.8 Å². The van der Waals surface area contributed by atoms with Gasteiger partial charge in [0.05, 0.1) is 5.69 Å². The van der Waals surface area contributed by atoms with Crippen LogP contribution < -0.4 is 5.32 Å². The van der Waals surface area contributed by atoms with E-state index >= 15 is 0 Å². The van der Waals surface area contributed by atoms with E-state index in [1.807, 2.05) is 6.07 Å². The maximum Gasteiger partial charge on any atom is 0.126 e. The maximum absolute atomic E-state index is 4.66. The molecule has 0 amide bonds. The molecule has 0 bridgehead atoms. The highest BCUT2D eigenvalue weighted by molar-refractivity contribution is 5.34. The van der Waals surface area contributed by atoms with Crippen molar-refractivity contribution >= 4 is 5.82 Å². The molecule has 0 unspecified atom stereocenters. The van der Waals surface area contributed by atoms with Gasteiger partial charge in [0.15, 0.2) is 0 Å². The normalized spacial score (nSPS) is 15.4. The van der Waals surface area contributed by atoms with Crippen molar-refractivity contribution in [1.82, 2.24) is 9.88 Å². The van der Waals surface area contributed by atoms with Gasteiger partial charge in [-0.1, -0.05) is 6.07 Å². The molecular weight excluding hydrogens is 222 g/mol. The number of pyridine rings is 1. The molecule has 0 atom stereocenters. The first-order valence-corrected chi connectivity index (χ1v) is 7.13. The van der Waals surface area contributed by atoms with E-state index in [1.165, 1.54) is 25.1 Å². The third kappa shape index (κ3) is 3.98. The van der Waals surface area contributed by atoms with Gasteiger partial charge in [0.25, 0.3) is 0 Å². The molecule has 3 nitrogen and oxygen atoms in total. The lowest BCUT2D eigenvalue weighted by molar-refractivity contribution is 0.201. The molecule has 1 aromatic rings. The predicted molar refractivity (Wildman–Crippen MR) is 76.7 cm³/mol. The van der Waals surface area contributed by atoms with Crippen LogP contribution in [-0.2, 0) is 6.54 Å². The lowest BCUT2D eigenvalue weighted by atomic mass is 10.2. The van der Waals surface area contributed by atoms with Gasteiger partial charge in [-0.3, -0.25) is 4.90 Å². The van der Waals surface area contributed by atoms with Gasteiger partial charge >= 0.3 is 0 Å². The largest absolute Gasteiger partial charge is 0.370 e. The molecule has 18 heavy (non-hydrogen) atoms. The SMILES string of the molecule is CCNc1cccc(CN(CC2CC2)C(C)C)n1. The summed E-state index contributed by atoms with van der Waals surface area (Å²) in [5.41, 5.74) is 1.17. The maximum atomic E-state index is 4.66. The summed E-state index contributed by atoms with van der Waals surface area (Å²) in [5, 5.41) is 3.27. The van der Waals surface area contributed by atoms with Crippen molar-refractivity contribution in [1.29, 1.82) is 0 Å². The highest BCUT2D eigenvalue weighted by Crippen LogP contribution is 2.30. The molecular formula is C15H25N3. The van der Waals surface area contributed by atoms with Crippen LogP contribution in [0.15, 0.2) is 18.2 Å². The van der Waals surface area contributed by atoms with E-state index in [0.29, 0.717) is 6.04 Å². The van der Waals surface area contributed by atoms with Gasteiger partial charge in [0.1, 0.15) is 5.82 Å². The Kier molecular flexibility index (Phi) is 4.59. The Morgan fingerprint density at radius 3 is 2.78 bits per heavy atom. The highest BCUT2D eigenvalue weighted by atomic mass is 15.2. The van der Waals surface area contributed by atoms with Crippen LogP contribution in [-0.4, -0.2) is 29.0 Å². The van der Waals surface area contributed by atoms with Gasteiger partial charge in [-0.05, 0) is 51.7 Å². The average Bonchev–Trinajstić information content (AvgIpc) is 3.13. The summed E-state index contributed by atoms with van der Waals surface area (Å²) in [6.07, 6.45) is 2.82. The fourth-order valence-electron chi connectivity index (χ4n) is 2.15. The molecule has 0 aromatic carbocycles. The van der Waals surface area contributed by atoms with Gasteiger partial charge in [-0.25, -0.2) is 4.98 Å². The zero-order valence-electron chi connectivity index (χ0n) is 11.8. The van der Waals surface area contributed by atoms with Gasteiger partial charge in [0, 0.05) is 25.7 Å². The smallest absolute Gasteiger partial charge is 0.126 e. The Morgan fingerprint density at radius 2 is 2.17 bits per heavy atom. The molecule has 1 aliphatic rings. The Bertz CT molecular complexity index is 372. The van der Waals surface area contributed by atoms with Crippen LogP contribution in [0.3, 0.4) is 0 Å². The summed E-state index contributed by atoms with van der Waals surface area (Å²) < 4.78 is 0. The van der Waals surface area contributed by atoms with E-state index in [4.69, 9.17) is 0 Å². The Hall–Kier alpha value is -1.09. The number of rotatable bonds is 7. The van der Waals surface area contributed by atoms with E-state index in [-0.39, 0.29) is 0 Å². The van der Waals surface area contributed by atoms with Gasteiger partial charge < -0.3 is 5.32 Å². The van der Waals surface area contributed by atoms with Crippen molar-refractivity contribution < 1.29 is 0 Å². The summed E-state index contributed by atoms with van der Waals surface area (Å²) in [7, 11) is 0. The fourth-order valence-corrected chi connectivity index (χ4v) is 2.15. The number of aromatic nitrogens is 1. The second-order valence-corrected chi connectivity index (χ2v) is 5.51. The van der Waals surface area contributed by atoms with Crippen molar-refractivity contribution in [2.24, 2.45) is 5.92 Å². The molecule has 1 heterocycles. The van der Waals surface area contributed by atoms with Gasteiger partial charge in [0.2, 0.25) is 0 Å². The lowest BCUT2D eigenvalue weighted by Crippen LogP contribution is -2.32. The topological polar surface area (TPSA) is 28.2 Å². The highest BCUT2D eigenvalue weighted by Gasteiger charge is 2.25. The average molecular weight is 247 g/mol. The molecule has 100 valence electrons. The van der Waals surface area contributed by atoms with E-state index in [9.17, 15) is 0 Å². The van der Waals surface area contributed by atoms with Crippen LogP contribution in [0.1, 0.15) is 39.3 Å². The van der Waals surface area contributed by atoms with E-state index in [2.05, 4.69) is 48.1 Å². The first-order valence-electron chi connectivity index (χ1n) is 7.13. The zero-order valence-corrected chi connectivity index (χ0v) is 11.8. The molecule has 1 saturated carbocycles. The van der Waals surface area contributed by atoms with Crippen LogP contribution in [0.2, 0.25) is 0 Å². The minimum absolute atomic E-state index is 0.593. The monoisotopic (exact) mass is 247 g/mol. The number of anilines is 1. The van der Waals surface area contributed by atoms with Crippen molar-refractivity contribution in [2.75, 3.05) is 18.4 Å². The summed E-state index contributed by atoms with van der Waals surface area (Å²) in [6.45, 7) is 9.76. The van der Waals surface area contributed by atoms with E-state index in [1.54, 1.807) is 0 Å². The molecule has 1 aliphatic carbocycles. The first kappa shape index (κ1) is 13.3. The second-order valence-electron chi connectivity index (χ2n) is 5.51. The van der Waals surface area contributed by atoms with Gasteiger partial charge in [-0.2, -0.15) is 0 Å². The summed E-state index contributed by atoms with van der Waals surface area (Å²) in [5.74, 6) is 1.93. The Balaban J connectivity index is 1.98. The summed E-state index contributed by atoms with van der Waals surface area (Å²) in [4.78, 5) is 7.20. The Morgan fingerprint density at radius 1 is 1.39 bits per heavy atom. The molecule has 0 radical (unpaired) electrons. The van der Waals surface area contributed by atoms with Gasteiger partial charge in [-0.15, -0.1) is 0 Å². The Labute approximate surface area is 111 Å². The minimum Gasteiger partial charge on any atom is -0.370 e. The molecule has 0 spiro atoms. The van der Waals surface area contributed by atoms with E-state index < -0.39 is 0 Å². The van der Waals surface area contributed by atoms with Crippen molar-refractivity contribution in [3.63, 3.8) is 0 Å². The zero-order chi connectivity index (χ0) is 13.0. The summed E-state index contributed by atoms with van der Waals surface area (Å²) >= 11 is 0. The standard InChI is InChI=1S/C15H25N3/c1-4-16-15-7-5-6-14(17-15)11-18(12(2)3)10-13-8-9-13/h5-7,12-13H,4,8-11H2,1-3H3,(H,16,17). The third-order valence-electron chi connectivity index (χ3n) is 3.45. The molecule has 3 heteroatoms. The van der Waals surface area contributed by atoms with Crippen molar-refractivity contribution in [3.05, 3.63) is 23.9 Å². The molecule has 0 saturated heterocycles. The fraction of sp³-hybridized carbons (Fsp3) is 0.667. The van der Waals surface area contributed by atoms with Crippen LogP contribution in [0, 0.1) is 5.92 Å². The molecule has 1 aromatic heterocycles. The molecule has 2 rings (SSSR count). The lowest BCUT2D eigenvalue weighted by Gasteiger charge is -2.26. The predicted octanol–water partition coefficient (Wildman–Crippen LogP) is 3.13. The number of hydrogen-bond donors (Lipinski definition) is 1. The van der Waals surface area contributed by atoms with Crippen molar-refractivity contribution in [3.8, 4) is 0 Å². The number of hydrogen-bond acceptors (Lipinski definition) is 3. The first-order chi connectivity index (χ1) is 8.69. The van der Waals surface area contributed by atoms with Crippen LogP contribution in [0.5, 0.6) is 0 Å². The molecule has 0 aliphatic heterocycles. The van der Waals surface area contributed by atoms with Crippen LogP contribution in [0.25, 0.3) is 0 Å². The third-order valence-corrected chi connectivity index (χ3v) is 3.45. The second kappa shape index (κ2) is 6.19. The van der Waals surface area contributed by atoms with Crippen LogP contribution in [0.4, 0.5) is 5.82 Å². The number of nitrogens with one attached hydrogen (secondary N) is 1. The molecule has 1 N–H and O–H groups in total. The van der Waals surface area contributed by atoms with Crippen molar-refractivity contribution in [2.45, 2.75) is 46.2 Å². The van der Waals surface area contributed by atoms with Crippen LogP contribution >= 0.6 is 0 Å². The quantitative estimate of drug-likeness (QED) is 0.802. The number of nitrogens with zero attached hydrogens (tertiary/aromatic N) is 2. The molecule has 1 fully saturated rings. The minimum atomic E-state index is 0.593.